The van der Waals surface area contributed by atoms with Crippen LogP contribution in [0, 0.1) is 5.92 Å². The number of carbonyl (C=O) groups is 2. The lowest BCUT2D eigenvalue weighted by Crippen LogP contribution is -2.37. The van der Waals surface area contributed by atoms with Crippen molar-refractivity contribution in [3.05, 3.63) is 23.8 Å². The number of nitrogens with one attached hydrogen (secondary N) is 1. The minimum absolute atomic E-state index is 0.0860. The highest BCUT2D eigenvalue weighted by Crippen LogP contribution is 2.23. The van der Waals surface area contributed by atoms with Gasteiger partial charge in [0.1, 0.15) is 0 Å². The van der Waals surface area contributed by atoms with Gasteiger partial charge in [-0.1, -0.05) is 6.92 Å². The van der Waals surface area contributed by atoms with E-state index < -0.39 is 0 Å². The van der Waals surface area contributed by atoms with E-state index in [1.807, 2.05) is 25.1 Å². The molecule has 0 saturated heterocycles. The molecule has 21 heavy (non-hydrogen) atoms. The fourth-order valence-corrected chi connectivity index (χ4v) is 2.14. The van der Waals surface area contributed by atoms with Gasteiger partial charge in [0.2, 0.25) is 5.91 Å². The van der Waals surface area contributed by atoms with Crippen molar-refractivity contribution in [3.63, 3.8) is 0 Å². The smallest absolute Gasteiger partial charge is 0.253 e. The maximum absolute atomic E-state index is 12.3. The highest BCUT2D eigenvalue weighted by atomic mass is 16.2. The average molecular weight is 292 g/mol. The Bertz CT molecular complexity index is 528. The summed E-state index contributed by atoms with van der Waals surface area (Å²) in [5, 5.41) is 2.58. The Labute approximate surface area is 125 Å². The number of hydrogen-bond acceptors (Lipinski definition) is 4. The van der Waals surface area contributed by atoms with E-state index in [4.69, 9.17) is 5.73 Å². The monoisotopic (exact) mass is 292 g/mol. The van der Waals surface area contributed by atoms with Gasteiger partial charge in [-0.15, -0.1) is 0 Å². The zero-order valence-corrected chi connectivity index (χ0v) is 13.3. The van der Waals surface area contributed by atoms with Crippen LogP contribution in [0.2, 0.25) is 0 Å². The van der Waals surface area contributed by atoms with E-state index >= 15 is 0 Å². The molecule has 0 bridgehead atoms. The Balaban J connectivity index is 2.83. The first-order chi connectivity index (χ1) is 9.77. The molecule has 2 amide bonds. The number of nitrogens with zero attached hydrogens (tertiary/aromatic N) is 2. The summed E-state index contributed by atoms with van der Waals surface area (Å²) in [6.07, 6.45) is 0. The molecule has 0 saturated carbocycles. The Hall–Kier alpha value is -2.24. The van der Waals surface area contributed by atoms with Crippen molar-refractivity contribution in [2.75, 3.05) is 45.4 Å². The predicted octanol–water partition coefficient (Wildman–Crippen LogP) is 0.789. The second-order valence-electron chi connectivity index (χ2n) is 5.37. The molecule has 0 spiro atoms. The Morgan fingerprint density at radius 1 is 1.29 bits per heavy atom. The van der Waals surface area contributed by atoms with E-state index in [1.165, 1.54) is 4.90 Å². The third kappa shape index (κ3) is 4.11. The van der Waals surface area contributed by atoms with Crippen LogP contribution in [0.3, 0.4) is 0 Å². The Morgan fingerprint density at radius 2 is 1.90 bits per heavy atom. The van der Waals surface area contributed by atoms with Gasteiger partial charge in [-0.2, -0.15) is 0 Å². The van der Waals surface area contributed by atoms with E-state index in [2.05, 4.69) is 5.32 Å². The molecule has 1 atom stereocenters. The van der Waals surface area contributed by atoms with Crippen LogP contribution < -0.4 is 16.0 Å². The summed E-state index contributed by atoms with van der Waals surface area (Å²) in [6.45, 7) is 2.14. The molecule has 1 unspecified atom stereocenters. The van der Waals surface area contributed by atoms with Crippen LogP contribution in [0.25, 0.3) is 0 Å². The van der Waals surface area contributed by atoms with Crippen LogP contribution >= 0.6 is 0 Å². The minimum atomic E-state index is -0.262. The normalized spacial score (nSPS) is 11.7. The molecule has 0 aliphatic heterocycles. The molecule has 0 fully saturated rings. The number of hydrogen-bond donors (Lipinski definition) is 2. The summed E-state index contributed by atoms with van der Waals surface area (Å²) in [4.78, 5) is 27.3. The van der Waals surface area contributed by atoms with Gasteiger partial charge in [-0.05, 0) is 18.2 Å². The predicted molar refractivity (Wildman–Crippen MR) is 85.4 cm³/mol. The topological polar surface area (TPSA) is 78.7 Å². The molecule has 116 valence electrons. The molecular weight excluding hydrogens is 268 g/mol. The van der Waals surface area contributed by atoms with E-state index in [1.54, 1.807) is 33.2 Å². The molecule has 6 nitrogen and oxygen atoms in total. The maximum atomic E-state index is 12.3. The SMILES string of the molecule is CNC(=O)C(C)CN(C)C(=O)c1ccc(N(C)C)c(N)c1. The van der Waals surface area contributed by atoms with Gasteiger partial charge in [0.05, 0.1) is 17.3 Å². The third-order valence-corrected chi connectivity index (χ3v) is 3.34. The zero-order chi connectivity index (χ0) is 16.2. The molecule has 1 aromatic carbocycles. The van der Waals surface area contributed by atoms with Gasteiger partial charge in [0.25, 0.3) is 5.91 Å². The van der Waals surface area contributed by atoms with Crippen LogP contribution in [-0.4, -0.2) is 51.4 Å². The number of nitrogen functional groups attached to an aromatic ring is 1. The lowest BCUT2D eigenvalue weighted by molar-refractivity contribution is -0.124. The second kappa shape index (κ2) is 6.97. The molecule has 0 heterocycles. The fraction of sp³-hybridized carbons (Fsp3) is 0.467. The fourth-order valence-electron chi connectivity index (χ4n) is 2.14. The van der Waals surface area contributed by atoms with E-state index in [9.17, 15) is 9.59 Å². The zero-order valence-electron chi connectivity index (χ0n) is 13.3. The summed E-state index contributed by atoms with van der Waals surface area (Å²) in [7, 11) is 7.05. The molecule has 6 heteroatoms. The van der Waals surface area contributed by atoms with Gasteiger partial charge in [0, 0.05) is 40.3 Å². The van der Waals surface area contributed by atoms with Gasteiger partial charge in [-0.25, -0.2) is 0 Å². The Morgan fingerprint density at radius 3 is 2.38 bits per heavy atom. The van der Waals surface area contributed by atoms with Gasteiger partial charge in [-0.3, -0.25) is 9.59 Å². The van der Waals surface area contributed by atoms with Crippen LogP contribution in [0.4, 0.5) is 11.4 Å². The summed E-state index contributed by atoms with van der Waals surface area (Å²) in [5.74, 6) is -0.498. The Kier molecular flexibility index (Phi) is 5.58. The van der Waals surface area contributed by atoms with Crippen molar-refractivity contribution in [2.24, 2.45) is 5.92 Å². The molecule has 1 rings (SSSR count). The number of amides is 2. The van der Waals surface area contributed by atoms with Crippen LogP contribution in [0.15, 0.2) is 18.2 Å². The van der Waals surface area contributed by atoms with Crippen LogP contribution in [0.5, 0.6) is 0 Å². The number of rotatable bonds is 5. The van der Waals surface area contributed by atoms with Gasteiger partial charge < -0.3 is 20.9 Å². The highest BCUT2D eigenvalue weighted by Gasteiger charge is 2.19. The van der Waals surface area contributed by atoms with E-state index in [0.717, 1.165) is 5.69 Å². The highest BCUT2D eigenvalue weighted by molar-refractivity contribution is 5.96. The summed E-state index contributed by atoms with van der Waals surface area (Å²) in [6, 6.07) is 5.23. The molecule has 0 aliphatic rings. The molecule has 0 radical (unpaired) electrons. The first kappa shape index (κ1) is 16.8. The molecule has 3 N–H and O–H groups in total. The number of nitrogens with two attached hydrogens (primary N) is 1. The first-order valence-electron chi connectivity index (χ1n) is 6.81. The lowest BCUT2D eigenvalue weighted by atomic mass is 10.1. The van der Waals surface area contributed by atoms with Gasteiger partial charge >= 0.3 is 0 Å². The summed E-state index contributed by atoms with van der Waals surface area (Å²) in [5.41, 5.74) is 7.90. The first-order valence-corrected chi connectivity index (χ1v) is 6.81. The number of carbonyl (C=O) groups excluding carboxylic acids is 2. The van der Waals surface area contributed by atoms with Crippen molar-refractivity contribution in [1.29, 1.82) is 0 Å². The number of benzene rings is 1. The van der Waals surface area contributed by atoms with E-state index in [-0.39, 0.29) is 17.7 Å². The maximum Gasteiger partial charge on any atom is 0.253 e. The van der Waals surface area contributed by atoms with Crippen molar-refractivity contribution in [2.45, 2.75) is 6.92 Å². The van der Waals surface area contributed by atoms with Crippen LogP contribution in [0.1, 0.15) is 17.3 Å². The quantitative estimate of drug-likeness (QED) is 0.786. The van der Waals surface area contributed by atoms with Crippen molar-refractivity contribution in [3.8, 4) is 0 Å². The molecule has 0 aliphatic carbocycles. The summed E-state index contributed by atoms with van der Waals surface area (Å²) >= 11 is 0. The second-order valence-corrected chi connectivity index (χ2v) is 5.37. The number of anilines is 2. The van der Waals surface area contributed by atoms with Crippen molar-refractivity contribution in [1.82, 2.24) is 10.2 Å². The van der Waals surface area contributed by atoms with Crippen LogP contribution in [-0.2, 0) is 4.79 Å². The largest absolute Gasteiger partial charge is 0.397 e. The molecular formula is C15H24N4O2. The molecule has 1 aromatic rings. The average Bonchev–Trinajstić information content (AvgIpc) is 2.44. The van der Waals surface area contributed by atoms with E-state index in [0.29, 0.717) is 17.8 Å². The molecule has 0 aromatic heterocycles. The third-order valence-electron chi connectivity index (χ3n) is 3.34. The van der Waals surface area contributed by atoms with Crippen molar-refractivity contribution < 1.29 is 9.59 Å². The minimum Gasteiger partial charge on any atom is -0.397 e. The van der Waals surface area contributed by atoms with Gasteiger partial charge in [0.15, 0.2) is 0 Å². The standard InChI is InChI=1S/C15H24N4O2/c1-10(14(20)17-2)9-19(5)15(21)11-6-7-13(18(3)4)12(16)8-11/h6-8,10H,9,16H2,1-5H3,(H,17,20). The van der Waals surface area contributed by atoms with Crippen molar-refractivity contribution >= 4 is 23.2 Å². The lowest BCUT2D eigenvalue weighted by Gasteiger charge is -2.22. The summed E-state index contributed by atoms with van der Waals surface area (Å²) < 4.78 is 0.